The summed E-state index contributed by atoms with van der Waals surface area (Å²) >= 11 is 3.46. The Kier molecular flexibility index (Phi) is 4.69. The van der Waals surface area contributed by atoms with E-state index in [1.807, 2.05) is 43.1 Å². The van der Waals surface area contributed by atoms with Crippen molar-refractivity contribution in [1.29, 1.82) is 0 Å². The van der Waals surface area contributed by atoms with Crippen molar-refractivity contribution in [3.8, 4) is 5.75 Å². The van der Waals surface area contributed by atoms with Gasteiger partial charge in [-0.2, -0.15) is 0 Å². The first-order valence-electron chi connectivity index (χ1n) is 6.52. The molecule has 0 saturated heterocycles. The molecule has 1 atom stereocenters. The molecule has 1 fully saturated rings. The highest BCUT2D eigenvalue weighted by Gasteiger charge is 2.27. The van der Waals surface area contributed by atoms with Crippen LogP contribution in [0.1, 0.15) is 19.8 Å². The Balaban J connectivity index is 1.85. The number of nitrogens with zero attached hydrogens (tertiary/aromatic N) is 2. The van der Waals surface area contributed by atoms with Crippen molar-refractivity contribution in [3.05, 3.63) is 28.7 Å². The predicted octanol–water partition coefficient (Wildman–Crippen LogP) is 2.63. The smallest absolute Gasteiger partial charge is 0.191 e. The van der Waals surface area contributed by atoms with E-state index in [2.05, 4.69) is 20.9 Å². The van der Waals surface area contributed by atoms with Gasteiger partial charge in [0, 0.05) is 13.1 Å². The van der Waals surface area contributed by atoms with E-state index in [-0.39, 0.29) is 6.10 Å². The van der Waals surface area contributed by atoms with Crippen molar-refractivity contribution in [2.75, 3.05) is 13.6 Å². The van der Waals surface area contributed by atoms with Crippen molar-refractivity contribution in [2.45, 2.75) is 31.9 Å². The van der Waals surface area contributed by atoms with Gasteiger partial charge in [0.2, 0.25) is 0 Å². The van der Waals surface area contributed by atoms with Crippen LogP contribution in [0.2, 0.25) is 0 Å². The topological polar surface area (TPSA) is 50.8 Å². The first-order valence-corrected chi connectivity index (χ1v) is 7.31. The first kappa shape index (κ1) is 14.2. The number of para-hydroxylation sites is 1. The Morgan fingerprint density at radius 1 is 1.53 bits per heavy atom. The number of halogens is 1. The van der Waals surface area contributed by atoms with Crippen LogP contribution in [0.3, 0.4) is 0 Å². The molecule has 2 N–H and O–H groups in total. The highest BCUT2D eigenvalue weighted by atomic mass is 79.9. The van der Waals surface area contributed by atoms with Crippen LogP contribution in [0, 0.1) is 0 Å². The van der Waals surface area contributed by atoms with Gasteiger partial charge in [-0.3, -0.25) is 0 Å². The number of guanidine groups is 1. The Hall–Kier alpha value is -1.23. The fourth-order valence-corrected chi connectivity index (χ4v) is 2.16. The number of nitrogens with two attached hydrogens (primary N) is 1. The molecule has 1 aliphatic carbocycles. The third-order valence-corrected chi connectivity index (χ3v) is 3.79. The van der Waals surface area contributed by atoms with Gasteiger partial charge in [0.15, 0.2) is 5.96 Å². The van der Waals surface area contributed by atoms with E-state index in [1.165, 1.54) is 12.8 Å². The van der Waals surface area contributed by atoms with Gasteiger partial charge in [-0.1, -0.05) is 12.1 Å². The Morgan fingerprint density at radius 3 is 2.84 bits per heavy atom. The Bertz CT molecular complexity index is 460. The summed E-state index contributed by atoms with van der Waals surface area (Å²) in [6, 6.07) is 8.39. The maximum absolute atomic E-state index is 5.94. The van der Waals surface area contributed by atoms with Crippen LogP contribution in [0.5, 0.6) is 5.75 Å². The molecule has 5 heteroatoms. The normalized spacial score (nSPS) is 17.1. The van der Waals surface area contributed by atoms with Gasteiger partial charge in [-0.05, 0) is 47.8 Å². The van der Waals surface area contributed by atoms with E-state index in [4.69, 9.17) is 10.5 Å². The van der Waals surface area contributed by atoms with E-state index in [9.17, 15) is 0 Å². The van der Waals surface area contributed by atoms with Gasteiger partial charge in [-0.25, -0.2) is 4.99 Å². The maximum Gasteiger partial charge on any atom is 0.191 e. The fraction of sp³-hybridized carbons (Fsp3) is 0.500. The molecule has 0 aliphatic heterocycles. The highest BCUT2D eigenvalue weighted by molar-refractivity contribution is 9.10. The summed E-state index contributed by atoms with van der Waals surface area (Å²) in [6.45, 7) is 2.55. The average Bonchev–Trinajstić information content (AvgIpc) is 3.22. The zero-order valence-corrected chi connectivity index (χ0v) is 12.9. The molecule has 2 rings (SSSR count). The lowest BCUT2D eigenvalue weighted by atomic mass is 10.3. The number of aliphatic imine (C=N–C) groups is 1. The Morgan fingerprint density at radius 2 is 2.21 bits per heavy atom. The van der Waals surface area contributed by atoms with Gasteiger partial charge >= 0.3 is 0 Å². The summed E-state index contributed by atoms with van der Waals surface area (Å²) in [5.41, 5.74) is 5.94. The first-order chi connectivity index (χ1) is 9.08. The number of hydrogen-bond donors (Lipinski definition) is 1. The molecule has 1 saturated carbocycles. The van der Waals surface area contributed by atoms with Crippen molar-refractivity contribution < 1.29 is 4.74 Å². The van der Waals surface area contributed by atoms with Crippen LogP contribution in [-0.4, -0.2) is 36.6 Å². The molecule has 0 aromatic heterocycles. The lowest BCUT2D eigenvalue weighted by Gasteiger charge is -2.18. The number of benzene rings is 1. The molecule has 1 aromatic carbocycles. The van der Waals surface area contributed by atoms with E-state index in [0.717, 1.165) is 10.2 Å². The minimum Gasteiger partial charge on any atom is -0.488 e. The largest absolute Gasteiger partial charge is 0.488 e. The summed E-state index contributed by atoms with van der Waals surface area (Å²) in [7, 11) is 2.00. The molecule has 104 valence electrons. The fourth-order valence-electron chi connectivity index (χ4n) is 1.78. The van der Waals surface area contributed by atoms with Crippen LogP contribution in [-0.2, 0) is 0 Å². The molecule has 0 radical (unpaired) electrons. The molecule has 0 heterocycles. The maximum atomic E-state index is 5.94. The number of rotatable bonds is 5. The lowest BCUT2D eigenvalue weighted by Crippen LogP contribution is -2.36. The molecule has 1 aliphatic rings. The third-order valence-electron chi connectivity index (χ3n) is 3.13. The van der Waals surface area contributed by atoms with E-state index < -0.39 is 0 Å². The zero-order chi connectivity index (χ0) is 13.8. The van der Waals surface area contributed by atoms with E-state index in [1.54, 1.807) is 0 Å². The predicted molar refractivity (Wildman–Crippen MR) is 81.5 cm³/mol. The quantitative estimate of drug-likeness (QED) is 0.668. The standard InChI is InChI=1S/C14H20BrN3O/c1-10(19-13-6-4-3-5-12(13)15)9-17-14(16)18(2)11-7-8-11/h3-6,10-11H,7-9H2,1-2H3,(H2,16,17)/t10-/m0/s1. The van der Waals surface area contributed by atoms with Crippen LogP contribution >= 0.6 is 15.9 Å². The second-order valence-corrected chi connectivity index (χ2v) is 5.75. The van der Waals surface area contributed by atoms with Gasteiger partial charge in [0.1, 0.15) is 11.9 Å². The van der Waals surface area contributed by atoms with Gasteiger partial charge < -0.3 is 15.4 Å². The molecule has 0 spiro atoms. The lowest BCUT2D eigenvalue weighted by molar-refractivity contribution is 0.228. The molecule has 1 aromatic rings. The minimum absolute atomic E-state index is 0.00940. The van der Waals surface area contributed by atoms with Crippen LogP contribution < -0.4 is 10.5 Å². The van der Waals surface area contributed by atoms with Crippen molar-refractivity contribution >= 4 is 21.9 Å². The average molecular weight is 326 g/mol. The summed E-state index contributed by atoms with van der Waals surface area (Å²) in [6.07, 6.45) is 2.43. The van der Waals surface area contributed by atoms with E-state index >= 15 is 0 Å². The molecule has 0 amide bonds. The molecular formula is C14H20BrN3O. The summed E-state index contributed by atoms with van der Waals surface area (Å²) in [4.78, 5) is 6.44. The van der Waals surface area contributed by atoms with E-state index in [0.29, 0.717) is 18.5 Å². The summed E-state index contributed by atoms with van der Waals surface area (Å²) in [5, 5.41) is 0. The molecule has 4 nitrogen and oxygen atoms in total. The van der Waals surface area contributed by atoms with Crippen molar-refractivity contribution in [1.82, 2.24) is 4.90 Å². The summed E-state index contributed by atoms with van der Waals surface area (Å²) < 4.78 is 6.78. The monoisotopic (exact) mass is 325 g/mol. The highest BCUT2D eigenvalue weighted by Crippen LogP contribution is 2.26. The molecule has 19 heavy (non-hydrogen) atoms. The second kappa shape index (κ2) is 6.28. The van der Waals surface area contributed by atoms with Crippen LogP contribution in [0.4, 0.5) is 0 Å². The summed E-state index contributed by atoms with van der Waals surface area (Å²) in [5.74, 6) is 1.43. The van der Waals surface area contributed by atoms with Crippen molar-refractivity contribution in [2.24, 2.45) is 10.7 Å². The van der Waals surface area contributed by atoms with Crippen molar-refractivity contribution in [3.63, 3.8) is 0 Å². The second-order valence-electron chi connectivity index (χ2n) is 4.90. The Labute approximate surface area is 122 Å². The van der Waals surface area contributed by atoms with Crippen LogP contribution in [0.15, 0.2) is 33.7 Å². The molecule has 0 unspecified atom stereocenters. The molecule has 0 bridgehead atoms. The van der Waals surface area contributed by atoms with Gasteiger partial charge in [-0.15, -0.1) is 0 Å². The van der Waals surface area contributed by atoms with Gasteiger partial charge in [0.05, 0.1) is 11.0 Å². The third kappa shape index (κ3) is 4.13. The zero-order valence-electron chi connectivity index (χ0n) is 11.3. The number of hydrogen-bond acceptors (Lipinski definition) is 2. The van der Waals surface area contributed by atoms with Gasteiger partial charge in [0.25, 0.3) is 0 Å². The minimum atomic E-state index is -0.00940. The van der Waals surface area contributed by atoms with Crippen LogP contribution in [0.25, 0.3) is 0 Å². The SMILES string of the molecule is C[C@@H](CN=C(N)N(C)C1CC1)Oc1ccccc1Br. The molecular weight excluding hydrogens is 306 g/mol. The number of ether oxygens (including phenoxy) is 1.